The first-order valence-electron chi connectivity index (χ1n) is 6.10. The van der Waals surface area contributed by atoms with Gasteiger partial charge in [0.2, 0.25) is 11.8 Å². The van der Waals surface area contributed by atoms with E-state index in [0.29, 0.717) is 10.9 Å². The highest BCUT2D eigenvalue weighted by molar-refractivity contribution is 5.84. The molecule has 0 bridgehead atoms. The van der Waals surface area contributed by atoms with E-state index >= 15 is 0 Å². The van der Waals surface area contributed by atoms with Crippen molar-refractivity contribution in [1.82, 2.24) is 9.97 Å². The summed E-state index contributed by atoms with van der Waals surface area (Å²) in [5.74, 6) is 0.00878. The summed E-state index contributed by atoms with van der Waals surface area (Å²) >= 11 is 0. The van der Waals surface area contributed by atoms with Crippen LogP contribution in [-0.4, -0.2) is 9.97 Å². The second-order valence-corrected chi connectivity index (χ2v) is 4.44. The van der Waals surface area contributed by atoms with E-state index < -0.39 is 5.82 Å². The molecule has 0 spiro atoms. The standard InChI is InChI=1S/C15H12FN3O/c1-9-6-7-11(16)13(8-9)20-14-10-4-2-3-5-12(10)18-15(17)19-14/h2-8H,1H3,(H2,17,18,19). The van der Waals surface area contributed by atoms with E-state index in [1.165, 1.54) is 6.07 Å². The van der Waals surface area contributed by atoms with Crippen LogP contribution in [0.15, 0.2) is 42.5 Å². The number of para-hydroxylation sites is 1. The Hall–Kier alpha value is -2.69. The molecule has 3 aromatic rings. The fourth-order valence-electron chi connectivity index (χ4n) is 1.94. The number of aromatic nitrogens is 2. The molecule has 0 radical (unpaired) electrons. The second-order valence-electron chi connectivity index (χ2n) is 4.44. The van der Waals surface area contributed by atoms with Crippen LogP contribution in [0.1, 0.15) is 5.56 Å². The minimum absolute atomic E-state index is 0.0896. The minimum Gasteiger partial charge on any atom is -0.435 e. The van der Waals surface area contributed by atoms with Crippen LogP contribution >= 0.6 is 0 Å². The van der Waals surface area contributed by atoms with E-state index in [9.17, 15) is 4.39 Å². The molecule has 2 N–H and O–H groups in total. The monoisotopic (exact) mass is 269 g/mol. The van der Waals surface area contributed by atoms with E-state index in [1.807, 2.05) is 19.1 Å². The van der Waals surface area contributed by atoms with Crippen LogP contribution in [0.25, 0.3) is 10.9 Å². The van der Waals surface area contributed by atoms with Gasteiger partial charge in [0.05, 0.1) is 10.9 Å². The zero-order chi connectivity index (χ0) is 14.1. The quantitative estimate of drug-likeness (QED) is 0.774. The molecule has 0 aliphatic heterocycles. The molecule has 5 heteroatoms. The van der Waals surface area contributed by atoms with Crippen molar-refractivity contribution in [1.29, 1.82) is 0 Å². The molecule has 0 unspecified atom stereocenters. The van der Waals surface area contributed by atoms with Crippen molar-refractivity contribution in [2.75, 3.05) is 5.73 Å². The van der Waals surface area contributed by atoms with E-state index in [2.05, 4.69) is 9.97 Å². The topological polar surface area (TPSA) is 61.0 Å². The number of anilines is 1. The van der Waals surface area contributed by atoms with Crippen molar-refractivity contribution >= 4 is 16.9 Å². The molecule has 100 valence electrons. The highest BCUT2D eigenvalue weighted by Crippen LogP contribution is 2.29. The first-order chi connectivity index (χ1) is 9.63. The smallest absolute Gasteiger partial charge is 0.232 e. The molecule has 0 fully saturated rings. The van der Waals surface area contributed by atoms with E-state index in [1.54, 1.807) is 24.3 Å². The minimum atomic E-state index is -0.447. The van der Waals surface area contributed by atoms with Gasteiger partial charge in [-0.05, 0) is 36.8 Å². The molecule has 0 saturated carbocycles. The fourth-order valence-corrected chi connectivity index (χ4v) is 1.94. The molecule has 20 heavy (non-hydrogen) atoms. The number of fused-ring (bicyclic) bond motifs is 1. The number of halogens is 1. The highest BCUT2D eigenvalue weighted by atomic mass is 19.1. The third-order valence-electron chi connectivity index (χ3n) is 2.88. The van der Waals surface area contributed by atoms with Gasteiger partial charge in [0, 0.05) is 0 Å². The van der Waals surface area contributed by atoms with Crippen LogP contribution in [0.4, 0.5) is 10.3 Å². The van der Waals surface area contributed by atoms with Gasteiger partial charge in [-0.25, -0.2) is 9.37 Å². The van der Waals surface area contributed by atoms with Crippen LogP contribution in [0.2, 0.25) is 0 Å². The molecule has 0 saturated heterocycles. The molecule has 2 aromatic carbocycles. The summed E-state index contributed by atoms with van der Waals surface area (Å²) in [6.07, 6.45) is 0. The largest absolute Gasteiger partial charge is 0.435 e. The van der Waals surface area contributed by atoms with Gasteiger partial charge in [-0.15, -0.1) is 0 Å². The van der Waals surface area contributed by atoms with Crippen molar-refractivity contribution in [3.8, 4) is 11.6 Å². The van der Waals surface area contributed by atoms with Gasteiger partial charge in [0.1, 0.15) is 0 Å². The van der Waals surface area contributed by atoms with Crippen molar-refractivity contribution in [2.45, 2.75) is 6.92 Å². The number of benzene rings is 2. The number of ether oxygens (including phenoxy) is 1. The summed E-state index contributed by atoms with van der Waals surface area (Å²) in [6.45, 7) is 1.86. The van der Waals surface area contributed by atoms with Crippen LogP contribution in [0.5, 0.6) is 11.6 Å². The van der Waals surface area contributed by atoms with Gasteiger partial charge in [0.15, 0.2) is 11.6 Å². The maximum atomic E-state index is 13.8. The lowest BCUT2D eigenvalue weighted by Gasteiger charge is -2.09. The number of aryl methyl sites for hydroxylation is 1. The summed E-state index contributed by atoms with van der Waals surface area (Å²) in [6, 6.07) is 11.9. The van der Waals surface area contributed by atoms with Crippen LogP contribution in [0, 0.1) is 12.7 Å². The highest BCUT2D eigenvalue weighted by Gasteiger charge is 2.11. The molecule has 4 nitrogen and oxygen atoms in total. The van der Waals surface area contributed by atoms with E-state index in [4.69, 9.17) is 10.5 Å². The Morgan fingerprint density at radius 3 is 2.75 bits per heavy atom. The third kappa shape index (κ3) is 2.25. The number of hydrogen-bond donors (Lipinski definition) is 1. The Labute approximate surface area is 115 Å². The lowest BCUT2D eigenvalue weighted by atomic mass is 10.2. The van der Waals surface area contributed by atoms with Gasteiger partial charge in [-0.1, -0.05) is 18.2 Å². The fraction of sp³-hybridized carbons (Fsp3) is 0.0667. The normalized spacial score (nSPS) is 10.7. The summed E-state index contributed by atoms with van der Waals surface area (Å²) in [5.41, 5.74) is 7.20. The van der Waals surface area contributed by atoms with Gasteiger partial charge >= 0.3 is 0 Å². The van der Waals surface area contributed by atoms with E-state index in [0.717, 1.165) is 5.56 Å². The number of rotatable bonds is 2. The molecular weight excluding hydrogens is 257 g/mol. The number of nitrogen functional groups attached to an aromatic ring is 1. The lowest BCUT2D eigenvalue weighted by Crippen LogP contribution is -1.99. The Bertz CT molecular complexity index is 789. The molecule has 0 aliphatic carbocycles. The van der Waals surface area contributed by atoms with Crippen molar-refractivity contribution in [3.05, 3.63) is 53.8 Å². The maximum Gasteiger partial charge on any atom is 0.232 e. The second kappa shape index (κ2) is 4.77. The molecule has 0 aliphatic rings. The van der Waals surface area contributed by atoms with Crippen LogP contribution in [-0.2, 0) is 0 Å². The molecule has 0 amide bonds. The molecular formula is C15H12FN3O. The third-order valence-corrected chi connectivity index (χ3v) is 2.88. The van der Waals surface area contributed by atoms with Gasteiger partial charge in [-0.3, -0.25) is 0 Å². The van der Waals surface area contributed by atoms with Gasteiger partial charge in [-0.2, -0.15) is 4.98 Å². The molecule has 3 rings (SSSR count). The SMILES string of the molecule is Cc1ccc(F)c(Oc2nc(N)nc3ccccc23)c1. The van der Waals surface area contributed by atoms with Crippen LogP contribution in [0.3, 0.4) is 0 Å². The predicted octanol–water partition coefficient (Wildman–Crippen LogP) is 3.45. The summed E-state index contributed by atoms with van der Waals surface area (Å²) in [4.78, 5) is 8.16. The van der Waals surface area contributed by atoms with Crippen LogP contribution < -0.4 is 10.5 Å². The summed E-state index contributed by atoms with van der Waals surface area (Å²) in [5, 5.41) is 0.683. The first kappa shape index (κ1) is 12.3. The lowest BCUT2D eigenvalue weighted by molar-refractivity contribution is 0.432. The van der Waals surface area contributed by atoms with Gasteiger partial charge < -0.3 is 10.5 Å². The Balaban J connectivity index is 2.13. The summed E-state index contributed by atoms with van der Waals surface area (Å²) in [7, 11) is 0. The zero-order valence-electron chi connectivity index (χ0n) is 10.8. The Morgan fingerprint density at radius 2 is 1.90 bits per heavy atom. The molecule has 1 aromatic heterocycles. The average Bonchev–Trinajstić information content (AvgIpc) is 2.43. The van der Waals surface area contributed by atoms with Gasteiger partial charge in [0.25, 0.3) is 0 Å². The summed E-state index contributed by atoms with van der Waals surface area (Å²) < 4.78 is 19.3. The average molecular weight is 269 g/mol. The maximum absolute atomic E-state index is 13.8. The van der Waals surface area contributed by atoms with Crippen molar-refractivity contribution < 1.29 is 9.13 Å². The Kier molecular flexibility index (Phi) is 2.95. The molecule has 1 heterocycles. The van der Waals surface area contributed by atoms with E-state index in [-0.39, 0.29) is 17.6 Å². The number of hydrogen-bond acceptors (Lipinski definition) is 4. The Morgan fingerprint density at radius 1 is 1.10 bits per heavy atom. The zero-order valence-corrected chi connectivity index (χ0v) is 10.8. The number of nitrogens with zero attached hydrogens (tertiary/aromatic N) is 2. The molecule has 0 atom stereocenters. The predicted molar refractivity (Wildman–Crippen MR) is 75.2 cm³/mol. The van der Waals surface area contributed by atoms with Crippen molar-refractivity contribution in [3.63, 3.8) is 0 Å². The number of nitrogens with two attached hydrogens (primary N) is 1. The first-order valence-corrected chi connectivity index (χ1v) is 6.10. The van der Waals surface area contributed by atoms with Crippen molar-refractivity contribution in [2.24, 2.45) is 0 Å².